The molecule has 0 aliphatic carbocycles. The molecule has 1 heterocycles. The van der Waals surface area contributed by atoms with Gasteiger partial charge in [0.25, 0.3) is 0 Å². The number of hydrogen-bond acceptors (Lipinski definition) is 3. The quantitative estimate of drug-likeness (QED) is 0.822. The molecule has 1 N–H and O–H groups in total. The highest BCUT2D eigenvalue weighted by Crippen LogP contribution is 2.28. The Hall–Kier alpha value is -1.10. The van der Waals surface area contributed by atoms with E-state index in [2.05, 4.69) is 56.9 Å². The molecule has 0 amide bonds. The fourth-order valence-electron chi connectivity index (χ4n) is 3.74. The van der Waals surface area contributed by atoms with Gasteiger partial charge in [-0.05, 0) is 56.3 Å². The van der Waals surface area contributed by atoms with Crippen LogP contribution in [0.15, 0.2) is 24.3 Å². The molecule has 1 aromatic carbocycles. The van der Waals surface area contributed by atoms with Gasteiger partial charge in [-0.3, -0.25) is 14.6 Å². The minimum Gasteiger partial charge on any atom is -0.480 e. The smallest absolute Gasteiger partial charge is 0.317 e. The van der Waals surface area contributed by atoms with Gasteiger partial charge in [0.05, 0.1) is 6.54 Å². The molecule has 2 atom stereocenters. The highest BCUT2D eigenvalue weighted by atomic mass is 35.5. The van der Waals surface area contributed by atoms with E-state index in [4.69, 9.17) is 5.11 Å². The minimum atomic E-state index is -0.740. The normalized spacial score (nSPS) is 20.3. The molecule has 1 fully saturated rings. The lowest BCUT2D eigenvalue weighted by Gasteiger charge is -2.29. The molecule has 0 saturated carbocycles. The first kappa shape index (κ1) is 22.9. The number of carbonyl (C=O) groups is 1. The summed E-state index contributed by atoms with van der Waals surface area (Å²) in [6.07, 6.45) is 3.24. The van der Waals surface area contributed by atoms with Crippen LogP contribution in [-0.4, -0.2) is 53.6 Å². The molecule has 1 aromatic rings. The molecule has 148 valence electrons. The maximum Gasteiger partial charge on any atom is 0.317 e. The number of aliphatic carboxylic acids is 1. The monoisotopic (exact) mass is 382 g/mol. The third-order valence-electron chi connectivity index (χ3n) is 5.55. The van der Waals surface area contributed by atoms with Gasteiger partial charge in [-0.1, -0.05) is 45.0 Å². The van der Waals surface area contributed by atoms with Crippen LogP contribution < -0.4 is 0 Å². The number of likely N-dealkylation sites (tertiary alicyclic amines) is 1. The van der Waals surface area contributed by atoms with Gasteiger partial charge in [-0.2, -0.15) is 0 Å². The fraction of sp³-hybridized carbons (Fsp3) is 0.667. The number of carboxylic acid groups (broad SMARTS) is 1. The maximum absolute atomic E-state index is 10.9. The van der Waals surface area contributed by atoms with Crippen molar-refractivity contribution in [2.24, 2.45) is 0 Å². The van der Waals surface area contributed by atoms with Crippen LogP contribution in [-0.2, 0) is 10.2 Å². The molecule has 1 aliphatic rings. The van der Waals surface area contributed by atoms with Crippen molar-refractivity contribution in [2.75, 3.05) is 26.7 Å². The molecule has 0 aromatic heterocycles. The Balaban J connectivity index is 0.00000338. The molecule has 2 rings (SSSR count). The van der Waals surface area contributed by atoms with Crippen molar-refractivity contribution in [3.63, 3.8) is 0 Å². The van der Waals surface area contributed by atoms with Crippen molar-refractivity contribution in [1.29, 1.82) is 0 Å². The molecule has 0 spiro atoms. The predicted molar refractivity (Wildman–Crippen MR) is 110 cm³/mol. The summed E-state index contributed by atoms with van der Waals surface area (Å²) in [7, 11) is 1.93. The number of benzene rings is 1. The fourth-order valence-corrected chi connectivity index (χ4v) is 3.74. The number of nitrogens with zero attached hydrogens (tertiary/aromatic N) is 2. The zero-order valence-electron chi connectivity index (χ0n) is 16.9. The van der Waals surface area contributed by atoms with Gasteiger partial charge in [-0.25, -0.2) is 0 Å². The van der Waals surface area contributed by atoms with Gasteiger partial charge >= 0.3 is 5.97 Å². The standard InChI is InChI=1S/C21H34N2O2.ClH/c1-16(17-8-10-18(11-9-17)21(2,3)4)23-13-6-7-19(12-14-23)22(5)15-20(24)25;/h8-11,16,19H,6-7,12-15H2,1-5H3,(H,24,25);1H. The van der Waals surface area contributed by atoms with Crippen LogP contribution >= 0.6 is 12.4 Å². The minimum absolute atomic E-state index is 0. The van der Waals surface area contributed by atoms with E-state index in [1.54, 1.807) is 0 Å². The number of halogens is 1. The molecular weight excluding hydrogens is 348 g/mol. The van der Waals surface area contributed by atoms with Crippen LogP contribution in [0, 0.1) is 0 Å². The lowest BCUT2D eigenvalue weighted by atomic mass is 9.86. The van der Waals surface area contributed by atoms with E-state index in [9.17, 15) is 4.79 Å². The zero-order valence-corrected chi connectivity index (χ0v) is 17.7. The SMILES string of the molecule is CC(c1ccc(C(C)(C)C)cc1)N1CCCC(N(C)CC(=O)O)CC1.Cl. The molecule has 1 saturated heterocycles. The summed E-state index contributed by atoms with van der Waals surface area (Å²) in [5.41, 5.74) is 2.92. The lowest BCUT2D eigenvalue weighted by molar-refractivity contribution is -0.138. The van der Waals surface area contributed by atoms with Crippen LogP contribution in [0.2, 0.25) is 0 Å². The highest BCUT2D eigenvalue weighted by molar-refractivity contribution is 5.85. The van der Waals surface area contributed by atoms with E-state index >= 15 is 0 Å². The average Bonchev–Trinajstić information content (AvgIpc) is 2.79. The van der Waals surface area contributed by atoms with Crippen molar-refractivity contribution < 1.29 is 9.90 Å². The average molecular weight is 383 g/mol. The van der Waals surface area contributed by atoms with E-state index < -0.39 is 5.97 Å². The number of hydrogen-bond donors (Lipinski definition) is 1. The summed E-state index contributed by atoms with van der Waals surface area (Å²) in [6, 6.07) is 9.82. The molecule has 0 bridgehead atoms. The Bertz CT molecular complexity index is 568. The molecular formula is C21H35ClN2O2. The van der Waals surface area contributed by atoms with Crippen molar-refractivity contribution in [1.82, 2.24) is 9.80 Å². The van der Waals surface area contributed by atoms with Gasteiger partial charge < -0.3 is 5.11 Å². The molecule has 5 heteroatoms. The van der Waals surface area contributed by atoms with E-state index in [-0.39, 0.29) is 24.4 Å². The Morgan fingerprint density at radius 3 is 2.38 bits per heavy atom. The summed E-state index contributed by atoms with van der Waals surface area (Å²) < 4.78 is 0. The predicted octanol–water partition coefficient (Wildman–Crippen LogP) is 4.34. The first-order chi connectivity index (χ1) is 11.7. The van der Waals surface area contributed by atoms with E-state index in [1.165, 1.54) is 11.1 Å². The summed E-state index contributed by atoms with van der Waals surface area (Å²) >= 11 is 0. The van der Waals surface area contributed by atoms with Crippen LogP contribution in [0.3, 0.4) is 0 Å². The van der Waals surface area contributed by atoms with Crippen molar-refractivity contribution in [3.8, 4) is 0 Å². The summed E-state index contributed by atoms with van der Waals surface area (Å²) in [4.78, 5) is 15.5. The summed E-state index contributed by atoms with van der Waals surface area (Å²) in [5.74, 6) is -0.740. The summed E-state index contributed by atoms with van der Waals surface area (Å²) in [6.45, 7) is 11.3. The van der Waals surface area contributed by atoms with Crippen LogP contribution in [0.1, 0.15) is 64.1 Å². The second kappa shape index (κ2) is 9.72. The summed E-state index contributed by atoms with van der Waals surface area (Å²) in [5, 5.41) is 9.00. The molecule has 4 nitrogen and oxygen atoms in total. The molecule has 2 unspecified atom stereocenters. The Morgan fingerprint density at radius 1 is 1.23 bits per heavy atom. The highest BCUT2D eigenvalue weighted by Gasteiger charge is 2.24. The lowest BCUT2D eigenvalue weighted by Crippen LogP contribution is -2.36. The molecule has 0 radical (unpaired) electrons. The van der Waals surface area contributed by atoms with Gasteiger partial charge in [-0.15, -0.1) is 12.4 Å². The number of carboxylic acids is 1. The Labute approximate surface area is 165 Å². The van der Waals surface area contributed by atoms with Gasteiger partial charge in [0.1, 0.15) is 0 Å². The van der Waals surface area contributed by atoms with E-state index in [1.807, 2.05) is 11.9 Å². The van der Waals surface area contributed by atoms with Gasteiger partial charge in [0, 0.05) is 18.6 Å². The van der Waals surface area contributed by atoms with Crippen molar-refractivity contribution >= 4 is 18.4 Å². The zero-order chi connectivity index (χ0) is 18.6. The topological polar surface area (TPSA) is 43.8 Å². The van der Waals surface area contributed by atoms with Crippen molar-refractivity contribution in [3.05, 3.63) is 35.4 Å². The van der Waals surface area contributed by atoms with Crippen LogP contribution in [0.5, 0.6) is 0 Å². The maximum atomic E-state index is 10.9. The Morgan fingerprint density at radius 2 is 1.85 bits per heavy atom. The van der Waals surface area contributed by atoms with Crippen LogP contribution in [0.4, 0.5) is 0 Å². The van der Waals surface area contributed by atoms with Crippen molar-refractivity contribution in [2.45, 2.75) is 64.5 Å². The third kappa shape index (κ3) is 6.26. The first-order valence-electron chi connectivity index (χ1n) is 9.45. The van der Waals surface area contributed by atoms with Gasteiger partial charge in [0.2, 0.25) is 0 Å². The largest absolute Gasteiger partial charge is 0.480 e. The second-order valence-electron chi connectivity index (χ2n) is 8.48. The second-order valence-corrected chi connectivity index (χ2v) is 8.48. The Kier molecular flexibility index (Phi) is 8.58. The third-order valence-corrected chi connectivity index (χ3v) is 5.55. The van der Waals surface area contributed by atoms with E-state index in [0.29, 0.717) is 12.1 Å². The van der Waals surface area contributed by atoms with E-state index in [0.717, 1.165) is 32.4 Å². The van der Waals surface area contributed by atoms with Crippen LogP contribution in [0.25, 0.3) is 0 Å². The molecule has 1 aliphatic heterocycles. The number of likely N-dealkylation sites (N-methyl/N-ethyl adjacent to an activating group) is 1. The first-order valence-corrected chi connectivity index (χ1v) is 9.45. The van der Waals surface area contributed by atoms with Gasteiger partial charge in [0.15, 0.2) is 0 Å². The molecule has 26 heavy (non-hydrogen) atoms. The number of rotatable bonds is 5.